The summed E-state index contributed by atoms with van der Waals surface area (Å²) in [5.74, 6) is 0.215. The van der Waals surface area contributed by atoms with Crippen LogP contribution in [0.5, 0.6) is 0 Å². The average Bonchev–Trinajstić information content (AvgIpc) is 2.70. The van der Waals surface area contributed by atoms with Crippen LogP contribution in [0.15, 0.2) is 36.7 Å². The third kappa shape index (κ3) is 4.75. The number of benzene rings is 1. The summed E-state index contributed by atoms with van der Waals surface area (Å²) >= 11 is 0. The molecule has 26 heavy (non-hydrogen) atoms. The van der Waals surface area contributed by atoms with Crippen LogP contribution in [0.2, 0.25) is 0 Å². The maximum atomic E-state index is 12.1. The molecule has 8 nitrogen and oxygen atoms in total. The van der Waals surface area contributed by atoms with Gasteiger partial charge in [-0.2, -0.15) is 5.26 Å². The Balaban J connectivity index is 1.52. The van der Waals surface area contributed by atoms with Gasteiger partial charge in [0.2, 0.25) is 0 Å². The Bertz CT molecular complexity index is 781. The molecule has 0 atom stereocenters. The molecule has 0 bridgehead atoms. The minimum atomic E-state index is -0.255. The molecule has 0 spiro atoms. The van der Waals surface area contributed by atoms with E-state index in [1.54, 1.807) is 18.2 Å². The predicted octanol–water partition coefficient (Wildman–Crippen LogP) is 1.15. The fourth-order valence-electron chi connectivity index (χ4n) is 2.58. The number of ether oxygens (including phenoxy) is 1. The molecule has 2 N–H and O–H groups in total. The van der Waals surface area contributed by atoms with Crippen molar-refractivity contribution >= 4 is 17.4 Å². The normalized spacial score (nSPS) is 14.4. The van der Waals surface area contributed by atoms with Gasteiger partial charge in [-0.05, 0) is 12.1 Å². The van der Waals surface area contributed by atoms with Gasteiger partial charge in [0, 0.05) is 26.2 Å². The molecule has 1 aliphatic heterocycles. The number of morpholine rings is 1. The number of carbonyl (C=O) groups is 1. The molecule has 0 aliphatic carbocycles. The molecule has 1 aliphatic rings. The van der Waals surface area contributed by atoms with Crippen molar-refractivity contribution < 1.29 is 9.53 Å². The molecule has 8 heteroatoms. The van der Waals surface area contributed by atoms with Crippen LogP contribution in [0.1, 0.15) is 16.1 Å². The standard InChI is InChI=1S/C18H20N6O2/c19-11-14-3-1-2-4-15(14)23-17-13-21-16(12-22-17)18(25)20-5-6-24-7-9-26-10-8-24/h1-4,12-13H,5-10H2,(H,20,25)(H,22,23). The monoisotopic (exact) mass is 352 g/mol. The second-order valence-electron chi connectivity index (χ2n) is 5.78. The van der Waals surface area contributed by atoms with Gasteiger partial charge in [-0.3, -0.25) is 9.69 Å². The third-order valence-corrected chi connectivity index (χ3v) is 4.01. The highest BCUT2D eigenvalue weighted by Gasteiger charge is 2.12. The van der Waals surface area contributed by atoms with Crippen LogP contribution in [0.3, 0.4) is 0 Å². The van der Waals surface area contributed by atoms with Crippen LogP contribution in [0, 0.1) is 11.3 Å². The Morgan fingerprint density at radius 1 is 1.23 bits per heavy atom. The molecule has 1 aromatic heterocycles. The highest BCUT2D eigenvalue weighted by Crippen LogP contribution is 2.18. The second kappa shape index (κ2) is 8.89. The quantitative estimate of drug-likeness (QED) is 0.804. The lowest BCUT2D eigenvalue weighted by Crippen LogP contribution is -2.41. The first-order valence-electron chi connectivity index (χ1n) is 8.43. The Morgan fingerprint density at radius 2 is 2.04 bits per heavy atom. The maximum absolute atomic E-state index is 12.1. The Hall–Kier alpha value is -3.02. The molecule has 134 valence electrons. The second-order valence-corrected chi connectivity index (χ2v) is 5.78. The van der Waals surface area contributed by atoms with Gasteiger partial charge in [-0.25, -0.2) is 9.97 Å². The summed E-state index contributed by atoms with van der Waals surface area (Å²) in [6.07, 6.45) is 2.90. The fourth-order valence-corrected chi connectivity index (χ4v) is 2.58. The van der Waals surface area contributed by atoms with Gasteiger partial charge in [0.1, 0.15) is 17.6 Å². The summed E-state index contributed by atoms with van der Waals surface area (Å²) in [5.41, 5.74) is 1.41. The van der Waals surface area contributed by atoms with Gasteiger partial charge in [-0.15, -0.1) is 0 Å². The third-order valence-electron chi connectivity index (χ3n) is 4.01. The van der Waals surface area contributed by atoms with Gasteiger partial charge in [0.05, 0.1) is 36.9 Å². The summed E-state index contributed by atoms with van der Waals surface area (Å²) in [5, 5.41) is 15.0. The van der Waals surface area contributed by atoms with Crippen molar-refractivity contribution in [3.8, 4) is 6.07 Å². The molecule has 1 fully saturated rings. The van der Waals surface area contributed by atoms with E-state index in [0.717, 1.165) is 32.8 Å². The summed E-state index contributed by atoms with van der Waals surface area (Å²) in [6.45, 7) is 4.59. The van der Waals surface area contributed by atoms with Gasteiger partial charge in [-0.1, -0.05) is 12.1 Å². The van der Waals surface area contributed by atoms with Crippen LogP contribution in [0.25, 0.3) is 0 Å². The summed E-state index contributed by atoms with van der Waals surface area (Å²) in [6, 6.07) is 9.23. The first-order chi connectivity index (χ1) is 12.8. The van der Waals surface area contributed by atoms with Crippen molar-refractivity contribution in [2.24, 2.45) is 0 Å². The number of anilines is 2. The van der Waals surface area contributed by atoms with Gasteiger partial charge >= 0.3 is 0 Å². The van der Waals surface area contributed by atoms with Crippen LogP contribution in [-0.4, -0.2) is 60.2 Å². The zero-order valence-corrected chi connectivity index (χ0v) is 14.3. The lowest BCUT2D eigenvalue weighted by Gasteiger charge is -2.26. The molecule has 0 radical (unpaired) electrons. The van der Waals surface area contributed by atoms with Crippen molar-refractivity contribution in [3.63, 3.8) is 0 Å². The largest absolute Gasteiger partial charge is 0.379 e. The molecular weight excluding hydrogens is 332 g/mol. The van der Waals surface area contributed by atoms with Crippen molar-refractivity contribution in [1.29, 1.82) is 5.26 Å². The summed E-state index contributed by atoms with van der Waals surface area (Å²) in [4.78, 5) is 22.7. The number of para-hydroxylation sites is 1. The highest BCUT2D eigenvalue weighted by molar-refractivity contribution is 5.92. The van der Waals surface area contributed by atoms with Crippen molar-refractivity contribution in [1.82, 2.24) is 20.2 Å². The lowest BCUT2D eigenvalue weighted by atomic mass is 10.2. The molecule has 1 saturated heterocycles. The minimum absolute atomic E-state index is 0.255. The van der Waals surface area contributed by atoms with Crippen molar-refractivity contribution in [3.05, 3.63) is 47.9 Å². The van der Waals surface area contributed by atoms with E-state index in [1.165, 1.54) is 12.4 Å². The van der Waals surface area contributed by atoms with Crippen molar-refractivity contribution in [2.75, 3.05) is 44.7 Å². The molecular formula is C18H20N6O2. The SMILES string of the molecule is N#Cc1ccccc1Nc1cnc(C(=O)NCCN2CCOCC2)cn1. The number of carbonyl (C=O) groups excluding carboxylic acids is 1. The predicted molar refractivity (Wildman–Crippen MR) is 96.1 cm³/mol. The lowest BCUT2D eigenvalue weighted by molar-refractivity contribution is 0.0383. The number of rotatable bonds is 6. The Labute approximate surface area is 151 Å². The van der Waals surface area contributed by atoms with E-state index in [0.29, 0.717) is 23.6 Å². The zero-order chi connectivity index (χ0) is 18.2. The van der Waals surface area contributed by atoms with Crippen molar-refractivity contribution in [2.45, 2.75) is 0 Å². The van der Waals surface area contributed by atoms with E-state index < -0.39 is 0 Å². The average molecular weight is 352 g/mol. The Kier molecular flexibility index (Phi) is 6.09. The van der Waals surface area contributed by atoms with E-state index in [9.17, 15) is 4.79 Å². The minimum Gasteiger partial charge on any atom is -0.379 e. The molecule has 2 aromatic rings. The zero-order valence-electron chi connectivity index (χ0n) is 14.3. The molecule has 2 heterocycles. The molecule has 0 saturated carbocycles. The molecule has 1 aromatic carbocycles. The fraction of sp³-hybridized carbons (Fsp3) is 0.333. The first-order valence-corrected chi connectivity index (χ1v) is 8.43. The van der Waals surface area contributed by atoms with E-state index in [1.807, 2.05) is 6.07 Å². The number of nitrogens with zero attached hydrogens (tertiary/aromatic N) is 4. The number of nitrogens with one attached hydrogen (secondary N) is 2. The maximum Gasteiger partial charge on any atom is 0.271 e. The van der Waals surface area contributed by atoms with Gasteiger partial charge < -0.3 is 15.4 Å². The van der Waals surface area contributed by atoms with Gasteiger partial charge in [0.15, 0.2) is 0 Å². The number of aromatic nitrogens is 2. The number of amides is 1. The molecule has 1 amide bonds. The topological polar surface area (TPSA) is 103 Å². The summed E-state index contributed by atoms with van der Waals surface area (Å²) in [7, 11) is 0. The highest BCUT2D eigenvalue weighted by atomic mass is 16.5. The van der Waals surface area contributed by atoms with Crippen LogP contribution in [0.4, 0.5) is 11.5 Å². The van der Waals surface area contributed by atoms with E-state index in [2.05, 4.69) is 31.6 Å². The smallest absolute Gasteiger partial charge is 0.271 e. The molecule has 3 rings (SSSR count). The number of nitriles is 1. The number of hydrogen-bond donors (Lipinski definition) is 2. The van der Waals surface area contributed by atoms with E-state index >= 15 is 0 Å². The van der Waals surface area contributed by atoms with Crippen LogP contribution >= 0.6 is 0 Å². The van der Waals surface area contributed by atoms with E-state index in [4.69, 9.17) is 10.00 Å². The Morgan fingerprint density at radius 3 is 2.77 bits per heavy atom. The van der Waals surface area contributed by atoms with Gasteiger partial charge in [0.25, 0.3) is 5.91 Å². The molecule has 0 unspecified atom stereocenters. The first kappa shape index (κ1) is 17.8. The van der Waals surface area contributed by atoms with Crippen LogP contribution in [-0.2, 0) is 4.74 Å². The summed E-state index contributed by atoms with van der Waals surface area (Å²) < 4.78 is 5.29. The number of hydrogen-bond acceptors (Lipinski definition) is 7. The van der Waals surface area contributed by atoms with E-state index in [-0.39, 0.29) is 11.6 Å². The van der Waals surface area contributed by atoms with Crippen LogP contribution < -0.4 is 10.6 Å².